The summed E-state index contributed by atoms with van der Waals surface area (Å²) in [5.41, 5.74) is 0. The zero-order chi connectivity index (χ0) is 12.9. The van der Waals surface area contributed by atoms with E-state index in [-0.39, 0.29) is 6.79 Å². The Kier molecular flexibility index (Phi) is 3.28. The molecule has 0 aliphatic heterocycles. The number of hydrogen-bond acceptors (Lipinski definition) is 3. The standard InChI is InChI=1S/C16H13NO2/c1-2-6-14(7-3-1)18-12-19-16-8-4-5-13-11-17-10-9-15(13)16/h1-11H,12H2. The second-order valence-corrected chi connectivity index (χ2v) is 4.07. The third kappa shape index (κ3) is 2.65. The number of hydrogen-bond donors (Lipinski definition) is 0. The number of fused-ring (bicyclic) bond motifs is 1. The average Bonchev–Trinajstić information content (AvgIpc) is 2.49. The van der Waals surface area contributed by atoms with E-state index in [2.05, 4.69) is 4.98 Å². The maximum absolute atomic E-state index is 5.67. The summed E-state index contributed by atoms with van der Waals surface area (Å²) in [6.07, 6.45) is 3.58. The number of para-hydroxylation sites is 1. The first kappa shape index (κ1) is 11.5. The van der Waals surface area contributed by atoms with Crippen LogP contribution in [0.15, 0.2) is 67.0 Å². The molecular weight excluding hydrogens is 238 g/mol. The first-order valence-corrected chi connectivity index (χ1v) is 6.07. The Morgan fingerprint density at radius 3 is 2.63 bits per heavy atom. The van der Waals surface area contributed by atoms with E-state index in [1.807, 2.05) is 60.8 Å². The van der Waals surface area contributed by atoms with E-state index in [4.69, 9.17) is 9.47 Å². The summed E-state index contributed by atoms with van der Waals surface area (Å²) in [6.45, 7) is 0.186. The molecule has 3 rings (SSSR count). The summed E-state index contributed by atoms with van der Waals surface area (Å²) in [5, 5.41) is 2.09. The van der Waals surface area contributed by atoms with Crippen molar-refractivity contribution < 1.29 is 9.47 Å². The van der Waals surface area contributed by atoms with Gasteiger partial charge in [-0.15, -0.1) is 0 Å². The third-order valence-electron chi connectivity index (χ3n) is 2.82. The molecule has 0 atom stereocenters. The lowest BCUT2D eigenvalue weighted by Gasteiger charge is -2.10. The zero-order valence-corrected chi connectivity index (χ0v) is 10.3. The molecule has 0 saturated heterocycles. The molecule has 0 aliphatic carbocycles. The third-order valence-corrected chi connectivity index (χ3v) is 2.82. The fraction of sp³-hybridized carbons (Fsp3) is 0.0625. The van der Waals surface area contributed by atoms with Gasteiger partial charge in [0.05, 0.1) is 0 Å². The number of pyridine rings is 1. The van der Waals surface area contributed by atoms with Gasteiger partial charge >= 0.3 is 0 Å². The molecule has 1 aromatic heterocycles. The Balaban J connectivity index is 1.72. The largest absolute Gasteiger partial charge is 0.458 e. The van der Waals surface area contributed by atoms with Crippen LogP contribution < -0.4 is 9.47 Å². The molecule has 1 heterocycles. The normalized spacial score (nSPS) is 10.3. The molecule has 0 fully saturated rings. The molecule has 3 aromatic rings. The summed E-state index contributed by atoms with van der Waals surface area (Å²) in [7, 11) is 0. The molecule has 19 heavy (non-hydrogen) atoms. The van der Waals surface area contributed by atoms with Crippen molar-refractivity contribution in [3.63, 3.8) is 0 Å². The van der Waals surface area contributed by atoms with Crippen LogP contribution in [-0.2, 0) is 0 Å². The minimum Gasteiger partial charge on any atom is -0.458 e. The van der Waals surface area contributed by atoms with Gasteiger partial charge in [0.15, 0.2) is 0 Å². The van der Waals surface area contributed by atoms with E-state index in [0.29, 0.717) is 0 Å². The predicted octanol–water partition coefficient (Wildman–Crippen LogP) is 3.65. The molecule has 0 saturated carbocycles. The van der Waals surface area contributed by atoms with Gasteiger partial charge < -0.3 is 9.47 Å². The highest BCUT2D eigenvalue weighted by atomic mass is 16.7. The number of nitrogens with zero attached hydrogens (tertiary/aromatic N) is 1. The monoisotopic (exact) mass is 251 g/mol. The molecule has 0 radical (unpaired) electrons. The zero-order valence-electron chi connectivity index (χ0n) is 10.3. The summed E-state index contributed by atoms with van der Waals surface area (Å²) in [6, 6.07) is 17.4. The van der Waals surface area contributed by atoms with Crippen LogP contribution in [0.3, 0.4) is 0 Å². The van der Waals surface area contributed by atoms with Crippen molar-refractivity contribution in [2.75, 3.05) is 6.79 Å². The molecule has 94 valence electrons. The van der Waals surface area contributed by atoms with Gasteiger partial charge in [-0.3, -0.25) is 4.98 Å². The SMILES string of the molecule is c1ccc(OCOc2cccc3cnccc23)cc1. The first-order valence-electron chi connectivity index (χ1n) is 6.07. The minimum atomic E-state index is 0.186. The number of rotatable bonds is 4. The lowest BCUT2D eigenvalue weighted by Crippen LogP contribution is -2.05. The second kappa shape index (κ2) is 5.40. The molecule has 3 heteroatoms. The predicted molar refractivity (Wildman–Crippen MR) is 74.3 cm³/mol. The molecule has 0 bridgehead atoms. The van der Waals surface area contributed by atoms with E-state index in [1.165, 1.54) is 0 Å². The van der Waals surface area contributed by atoms with Crippen LogP contribution in [0.4, 0.5) is 0 Å². The molecule has 0 aliphatic rings. The first-order chi connectivity index (χ1) is 9.43. The van der Waals surface area contributed by atoms with Crippen LogP contribution in [0.2, 0.25) is 0 Å². The highest BCUT2D eigenvalue weighted by Gasteiger charge is 2.01. The topological polar surface area (TPSA) is 31.4 Å². The summed E-state index contributed by atoms with van der Waals surface area (Å²) in [5.74, 6) is 1.60. The van der Waals surface area contributed by atoms with E-state index < -0.39 is 0 Å². The van der Waals surface area contributed by atoms with E-state index in [0.717, 1.165) is 22.3 Å². The maximum atomic E-state index is 5.67. The number of aromatic nitrogens is 1. The van der Waals surface area contributed by atoms with Crippen LogP contribution in [0, 0.1) is 0 Å². The van der Waals surface area contributed by atoms with Crippen LogP contribution in [0.1, 0.15) is 0 Å². The Labute approximate surface area is 111 Å². The Hall–Kier alpha value is -2.55. The smallest absolute Gasteiger partial charge is 0.230 e. The van der Waals surface area contributed by atoms with Crippen LogP contribution >= 0.6 is 0 Å². The summed E-state index contributed by atoms with van der Waals surface area (Å²) >= 11 is 0. The lowest BCUT2D eigenvalue weighted by molar-refractivity contribution is 0.121. The Morgan fingerprint density at radius 1 is 0.842 bits per heavy atom. The Morgan fingerprint density at radius 2 is 1.74 bits per heavy atom. The van der Waals surface area contributed by atoms with Crippen LogP contribution in [0.25, 0.3) is 10.8 Å². The van der Waals surface area contributed by atoms with Crippen molar-refractivity contribution in [3.8, 4) is 11.5 Å². The van der Waals surface area contributed by atoms with E-state index in [1.54, 1.807) is 6.20 Å². The fourth-order valence-electron chi connectivity index (χ4n) is 1.90. The molecule has 2 aromatic carbocycles. The average molecular weight is 251 g/mol. The van der Waals surface area contributed by atoms with Crippen LogP contribution in [-0.4, -0.2) is 11.8 Å². The van der Waals surface area contributed by atoms with E-state index in [9.17, 15) is 0 Å². The number of ether oxygens (including phenoxy) is 2. The van der Waals surface area contributed by atoms with Gasteiger partial charge in [0.25, 0.3) is 0 Å². The molecule has 0 spiro atoms. The van der Waals surface area contributed by atoms with Crippen molar-refractivity contribution in [2.24, 2.45) is 0 Å². The van der Waals surface area contributed by atoms with Gasteiger partial charge in [0, 0.05) is 23.2 Å². The molecule has 3 nitrogen and oxygen atoms in total. The van der Waals surface area contributed by atoms with Crippen molar-refractivity contribution in [1.29, 1.82) is 0 Å². The minimum absolute atomic E-state index is 0.186. The highest BCUT2D eigenvalue weighted by molar-refractivity contribution is 5.87. The van der Waals surface area contributed by atoms with Gasteiger partial charge in [0.1, 0.15) is 11.5 Å². The van der Waals surface area contributed by atoms with Gasteiger partial charge in [-0.25, -0.2) is 0 Å². The van der Waals surface area contributed by atoms with Crippen molar-refractivity contribution in [3.05, 3.63) is 67.0 Å². The van der Waals surface area contributed by atoms with Crippen molar-refractivity contribution in [1.82, 2.24) is 4.98 Å². The van der Waals surface area contributed by atoms with Crippen LogP contribution in [0.5, 0.6) is 11.5 Å². The van der Waals surface area contributed by atoms with Crippen molar-refractivity contribution >= 4 is 10.8 Å². The van der Waals surface area contributed by atoms with Crippen molar-refractivity contribution in [2.45, 2.75) is 0 Å². The summed E-state index contributed by atoms with van der Waals surface area (Å²) in [4.78, 5) is 4.10. The summed E-state index contributed by atoms with van der Waals surface area (Å²) < 4.78 is 11.2. The van der Waals surface area contributed by atoms with Gasteiger partial charge in [-0.05, 0) is 24.3 Å². The number of benzene rings is 2. The van der Waals surface area contributed by atoms with Gasteiger partial charge in [-0.2, -0.15) is 0 Å². The highest BCUT2D eigenvalue weighted by Crippen LogP contribution is 2.24. The maximum Gasteiger partial charge on any atom is 0.230 e. The molecule has 0 N–H and O–H groups in total. The Bertz CT molecular complexity index is 662. The molecular formula is C16H13NO2. The fourth-order valence-corrected chi connectivity index (χ4v) is 1.90. The quantitative estimate of drug-likeness (QED) is 0.663. The van der Waals surface area contributed by atoms with E-state index >= 15 is 0 Å². The van der Waals surface area contributed by atoms with Gasteiger partial charge in [-0.1, -0.05) is 30.3 Å². The molecule has 0 amide bonds. The molecule has 0 unspecified atom stereocenters. The second-order valence-electron chi connectivity index (χ2n) is 4.07. The lowest BCUT2D eigenvalue weighted by atomic mass is 10.1. The van der Waals surface area contributed by atoms with Gasteiger partial charge in [0.2, 0.25) is 6.79 Å².